The summed E-state index contributed by atoms with van der Waals surface area (Å²) in [5.41, 5.74) is 6.89. The third-order valence-corrected chi connectivity index (χ3v) is 4.33. The summed E-state index contributed by atoms with van der Waals surface area (Å²) in [7, 11) is 0. The van der Waals surface area contributed by atoms with E-state index in [0.717, 1.165) is 18.7 Å². The molecule has 20 heavy (non-hydrogen) atoms. The van der Waals surface area contributed by atoms with E-state index >= 15 is 0 Å². The van der Waals surface area contributed by atoms with Crippen molar-refractivity contribution < 1.29 is 4.74 Å². The van der Waals surface area contributed by atoms with Crippen LogP contribution < -0.4 is 5.43 Å². The molecule has 0 spiro atoms. The normalized spacial score (nSPS) is 17.9. The van der Waals surface area contributed by atoms with Crippen LogP contribution in [-0.2, 0) is 11.3 Å². The molecule has 4 heteroatoms. The molecule has 0 saturated carbocycles. The molecule has 3 nitrogen and oxygen atoms in total. The Morgan fingerprint density at radius 1 is 1.30 bits per heavy atom. The lowest BCUT2D eigenvalue weighted by Gasteiger charge is -2.11. The quantitative estimate of drug-likeness (QED) is 0.908. The lowest BCUT2D eigenvalue weighted by atomic mass is 10.0. The minimum Gasteiger partial charge on any atom is -0.377 e. The fourth-order valence-corrected chi connectivity index (χ4v) is 3.02. The van der Waals surface area contributed by atoms with Gasteiger partial charge in [0.05, 0.1) is 23.2 Å². The first-order valence-corrected chi connectivity index (χ1v) is 7.77. The van der Waals surface area contributed by atoms with Gasteiger partial charge in [0.2, 0.25) is 0 Å². The lowest BCUT2D eigenvalue weighted by molar-refractivity contribution is 0.134. The number of nitrogens with one attached hydrogen (secondary N) is 1. The number of benzene rings is 1. The molecule has 0 fully saturated rings. The second-order valence-electron chi connectivity index (χ2n) is 4.80. The Balaban J connectivity index is 1.64. The molecule has 1 atom stereocenters. The van der Waals surface area contributed by atoms with Crippen molar-refractivity contribution in [3.05, 3.63) is 57.8 Å². The van der Waals surface area contributed by atoms with E-state index in [1.807, 2.05) is 6.92 Å². The summed E-state index contributed by atoms with van der Waals surface area (Å²) < 4.78 is 5.41. The van der Waals surface area contributed by atoms with E-state index in [9.17, 15) is 0 Å². The molecule has 2 heterocycles. The Bertz CT molecular complexity index is 575. The number of hydrogen-bond acceptors (Lipinski definition) is 4. The number of nitrogens with zero attached hydrogens (tertiary/aromatic N) is 1. The summed E-state index contributed by atoms with van der Waals surface area (Å²) >= 11 is 1.74. The highest BCUT2D eigenvalue weighted by molar-refractivity contribution is 7.12. The molecule has 1 aromatic carbocycles. The number of thiophene rings is 1. The molecule has 0 bridgehead atoms. The summed E-state index contributed by atoms with van der Waals surface area (Å²) in [6, 6.07) is 13.1. The van der Waals surface area contributed by atoms with Crippen molar-refractivity contribution in [3.63, 3.8) is 0 Å². The zero-order valence-corrected chi connectivity index (χ0v) is 12.3. The van der Waals surface area contributed by atoms with Crippen molar-refractivity contribution >= 4 is 17.0 Å². The summed E-state index contributed by atoms with van der Waals surface area (Å²) in [6.07, 6.45) is 0.950. The number of ether oxygens (including phenoxy) is 1. The molecule has 0 amide bonds. The molecule has 1 aromatic heterocycles. The molecule has 1 aliphatic heterocycles. The Kier molecular flexibility index (Phi) is 4.14. The third kappa shape index (κ3) is 2.92. The molecule has 0 radical (unpaired) electrons. The second kappa shape index (κ2) is 6.20. The molecule has 1 unspecified atom stereocenters. The molecular formula is C16H18N2OS. The summed E-state index contributed by atoms with van der Waals surface area (Å²) in [5.74, 6) is 0. The number of rotatable bonds is 5. The van der Waals surface area contributed by atoms with E-state index in [0.29, 0.717) is 6.61 Å². The fourth-order valence-electron chi connectivity index (χ4n) is 2.30. The SMILES string of the molecule is CCOCc1ccc(C2CC(c3cccs3)=NN2)cc1. The van der Waals surface area contributed by atoms with E-state index in [4.69, 9.17) is 4.74 Å². The molecular weight excluding hydrogens is 268 g/mol. The van der Waals surface area contributed by atoms with Gasteiger partial charge in [-0.05, 0) is 29.5 Å². The molecule has 2 aromatic rings. The zero-order valence-electron chi connectivity index (χ0n) is 11.5. The Hall–Kier alpha value is -1.65. The molecule has 104 valence electrons. The maximum Gasteiger partial charge on any atom is 0.0799 e. The number of hydrazone groups is 1. The van der Waals surface area contributed by atoms with Gasteiger partial charge in [-0.3, -0.25) is 0 Å². The highest BCUT2D eigenvalue weighted by atomic mass is 32.1. The average Bonchev–Trinajstić information content (AvgIpc) is 3.16. The van der Waals surface area contributed by atoms with Crippen molar-refractivity contribution in [3.8, 4) is 0 Å². The van der Waals surface area contributed by atoms with Gasteiger partial charge in [-0.1, -0.05) is 30.3 Å². The van der Waals surface area contributed by atoms with Gasteiger partial charge in [-0.25, -0.2) is 0 Å². The Morgan fingerprint density at radius 2 is 2.15 bits per heavy atom. The monoisotopic (exact) mass is 286 g/mol. The molecule has 1 N–H and O–H groups in total. The van der Waals surface area contributed by atoms with Crippen LogP contribution in [0.15, 0.2) is 46.9 Å². The zero-order chi connectivity index (χ0) is 13.8. The van der Waals surface area contributed by atoms with Crippen LogP contribution in [0.1, 0.15) is 35.4 Å². The van der Waals surface area contributed by atoms with Crippen molar-refractivity contribution in [1.29, 1.82) is 0 Å². The first kappa shape index (κ1) is 13.3. The van der Waals surface area contributed by atoms with Gasteiger partial charge in [0.15, 0.2) is 0 Å². The van der Waals surface area contributed by atoms with Crippen LogP contribution in [-0.4, -0.2) is 12.3 Å². The third-order valence-electron chi connectivity index (χ3n) is 3.41. The van der Waals surface area contributed by atoms with Gasteiger partial charge >= 0.3 is 0 Å². The summed E-state index contributed by atoms with van der Waals surface area (Å²) in [4.78, 5) is 1.26. The average molecular weight is 286 g/mol. The predicted octanol–water partition coefficient (Wildman–Crippen LogP) is 3.72. The van der Waals surface area contributed by atoms with Gasteiger partial charge in [0.25, 0.3) is 0 Å². The fraction of sp³-hybridized carbons (Fsp3) is 0.312. The first-order chi connectivity index (χ1) is 9.86. The maximum absolute atomic E-state index is 5.41. The van der Waals surface area contributed by atoms with E-state index in [2.05, 4.69) is 52.3 Å². The highest BCUT2D eigenvalue weighted by Gasteiger charge is 2.21. The van der Waals surface area contributed by atoms with Gasteiger partial charge < -0.3 is 10.2 Å². The molecule has 0 saturated heterocycles. The van der Waals surface area contributed by atoms with Crippen LogP contribution in [0.5, 0.6) is 0 Å². The molecule has 3 rings (SSSR count). The van der Waals surface area contributed by atoms with Crippen molar-refractivity contribution in [2.24, 2.45) is 5.10 Å². The van der Waals surface area contributed by atoms with E-state index in [1.165, 1.54) is 16.0 Å². The van der Waals surface area contributed by atoms with Crippen molar-refractivity contribution in [2.45, 2.75) is 26.0 Å². The van der Waals surface area contributed by atoms with Crippen LogP contribution in [0.25, 0.3) is 0 Å². The van der Waals surface area contributed by atoms with Crippen LogP contribution in [0, 0.1) is 0 Å². The Labute approximate surface area is 123 Å². The smallest absolute Gasteiger partial charge is 0.0799 e. The minimum atomic E-state index is 0.285. The van der Waals surface area contributed by atoms with Gasteiger partial charge in [-0.15, -0.1) is 11.3 Å². The highest BCUT2D eigenvalue weighted by Crippen LogP contribution is 2.26. The second-order valence-corrected chi connectivity index (χ2v) is 5.75. The maximum atomic E-state index is 5.41. The van der Waals surface area contributed by atoms with Crippen LogP contribution in [0.4, 0.5) is 0 Å². The van der Waals surface area contributed by atoms with E-state index in [1.54, 1.807) is 11.3 Å². The van der Waals surface area contributed by atoms with Crippen molar-refractivity contribution in [1.82, 2.24) is 5.43 Å². The van der Waals surface area contributed by atoms with E-state index < -0.39 is 0 Å². The van der Waals surface area contributed by atoms with E-state index in [-0.39, 0.29) is 6.04 Å². The van der Waals surface area contributed by atoms with Crippen molar-refractivity contribution in [2.75, 3.05) is 6.61 Å². The minimum absolute atomic E-state index is 0.285. The largest absolute Gasteiger partial charge is 0.377 e. The Morgan fingerprint density at radius 3 is 2.85 bits per heavy atom. The van der Waals surface area contributed by atoms with Gasteiger partial charge in [-0.2, -0.15) is 5.10 Å². The topological polar surface area (TPSA) is 33.6 Å². The first-order valence-electron chi connectivity index (χ1n) is 6.89. The summed E-state index contributed by atoms with van der Waals surface area (Å²) in [5, 5.41) is 6.55. The number of hydrogen-bond donors (Lipinski definition) is 1. The van der Waals surface area contributed by atoms with Crippen LogP contribution >= 0.6 is 11.3 Å². The molecule has 0 aliphatic carbocycles. The molecule has 1 aliphatic rings. The van der Waals surface area contributed by atoms with Gasteiger partial charge in [0.1, 0.15) is 0 Å². The van der Waals surface area contributed by atoms with Crippen LogP contribution in [0.2, 0.25) is 0 Å². The standard InChI is InChI=1S/C16H18N2OS/c1-2-19-11-12-5-7-13(8-6-12)14-10-15(18-17-14)16-4-3-9-20-16/h3-9,14,17H,2,10-11H2,1H3. The van der Waals surface area contributed by atoms with Gasteiger partial charge in [0, 0.05) is 13.0 Å². The summed E-state index contributed by atoms with van der Waals surface area (Å²) in [6.45, 7) is 3.45. The van der Waals surface area contributed by atoms with Crippen LogP contribution in [0.3, 0.4) is 0 Å². The lowest BCUT2D eigenvalue weighted by Crippen LogP contribution is -2.09. The predicted molar refractivity (Wildman–Crippen MR) is 83.1 cm³/mol.